The summed E-state index contributed by atoms with van der Waals surface area (Å²) < 4.78 is 14.9. The van der Waals surface area contributed by atoms with Crippen LogP contribution in [0.3, 0.4) is 0 Å². The van der Waals surface area contributed by atoms with E-state index in [4.69, 9.17) is 5.26 Å². The molecule has 0 aliphatic rings. The SMILES string of the molecule is N#Cc1ccnc(-n2nccc2-c2cccc(F)c2)c1. The molecule has 96 valence electrons. The van der Waals surface area contributed by atoms with Crippen molar-refractivity contribution in [2.24, 2.45) is 0 Å². The van der Waals surface area contributed by atoms with Crippen molar-refractivity contribution in [1.29, 1.82) is 5.26 Å². The molecule has 0 unspecified atom stereocenters. The van der Waals surface area contributed by atoms with E-state index < -0.39 is 0 Å². The van der Waals surface area contributed by atoms with Crippen molar-refractivity contribution in [3.63, 3.8) is 0 Å². The van der Waals surface area contributed by atoms with Gasteiger partial charge in [0.2, 0.25) is 0 Å². The zero-order valence-electron chi connectivity index (χ0n) is 10.4. The summed E-state index contributed by atoms with van der Waals surface area (Å²) >= 11 is 0. The number of benzene rings is 1. The summed E-state index contributed by atoms with van der Waals surface area (Å²) in [6, 6.07) is 13.3. The molecular formula is C15H9FN4. The number of nitrogens with zero attached hydrogens (tertiary/aromatic N) is 4. The number of rotatable bonds is 2. The fraction of sp³-hybridized carbons (Fsp3) is 0. The lowest BCUT2D eigenvalue weighted by molar-refractivity contribution is 0.628. The van der Waals surface area contributed by atoms with Crippen molar-refractivity contribution in [3.8, 4) is 23.1 Å². The van der Waals surface area contributed by atoms with Gasteiger partial charge >= 0.3 is 0 Å². The van der Waals surface area contributed by atoms with Gasteiger partial charge in [-0.05, 0) is 24.3 Å². The Morgan fingerprint density at radius 2 is 2.00 bits per heavy atom. The van der Waals surface area contributed by atoms with Crippen LogP contribution >= 0.6 is 0 Å². The normalized spacial score (nSPS) is 10.2. The Labute approximate surface area is 114 Å². The minimum atomic E-state index is -0.311. The summed E-state index contributed by atoms with van der Waals surface area (Å²) in [5.74, 6) is 0.210. The second-order valence-electron chi connectivity index (χ2n) is 4.15. The predicted octanol–water partition coefficient (Wildman–Crippen LogP) is 2.95. The zero-order chi connectivity index (χ0) is 13.9. The van der Waals surface area contributed by atoms with Gasteiger partial charge in [0.05, 0.1) is 23.5 Å². The molecule has 0 amide bonds. The molecule has 0 spiro atoms. The molecule has 0 aliphatic carbocycles. The van der Waals surface area contributed by atoms with E-state index in [1.807, 2.05) is 0 Å². The number of hydrogen-bond acceptors (Lipinski definition) is 3. The quantitative estimate of drug-likeness (QED) is 0.715. The molecule has 2 aromatic heterocycles. The molecule has 3 aromatic rings. The highest BCUT2D eigenvalue weighted by molar-refractivity contribution is 5.61. The molecule has 3 rings (SSSR count). The summed E-state index contributed by atoms with van der Waals surface area (Å²) in [5, 5.41) is 13.1. The van der Waals surface area contributed by atoms with Crippen LogP contribution in [-0.4, -0.2) is 14.8 Å². The van der Waals surface area contributed by atoms with E-state index in [2.05, 4.69) is 16.2 Å². The number of pyridine rings is 1. The maximum Gasteiger partial charge on any atom is 0.155 e. The molecular weight excluding hydrogens is 255 g/mol. The summed E-state index contributed by atoms with van der Waals surface area (Å²) in [5.41, 5.74) is 1.91. The maximum atomic E-state index is 13.3. The third-order valence-electron chi connectivity index (χ3n) is 2.85. The lowest BCUT2D eigenvalue weighted by Crippen LogP contribution is -2.02. The molecule has 0 aliphatic heterocycles. The van der Waals surface area contributed by atoms with E-state index in [0.29, 0.717) is 22.6 Å². The zero-order valence-corrected chi connectivity index (χ0v) is 10.4. The first-order valence-corrected chi connectivity index (χ1v) is 5.94. The Hall–Kier alpha value is -3.00. The van der Waals surface area contributed by atoms with Crippen molar-refractivity contribution >= 4 is 0 Å². The molecule has 0 N–H and O–H groups in total. The van der Waals surface area contributed by atoms with E-state index in [1.165, 1.54) is 12.1 Å². The van der Waals surface area contributed by atoms with Gasteiger partial charge in [0.15, 0.2) is 5.82 Å². The first kappa shape index (κ1) is 12.1. The monoisotopic (exact) mass is 264 g/mol. The molecule has 4 nitrogen and oxygen atoms in total. The van der Waals surface area contributed by atoms with Crippen molar-refractivity contribution in [2.45, 2.75) is 0 Å². The van der Waals surface area contributed by atoms with Gasteiger partial charge in [-0.3, -0.25) is 0 Å². The van der Waals surface area contributed by atoms with Gasteiger partial charge in [-0.2, -0.15) is 10.4 Å². The Morgan fingerprint density at radius 3 is 2.80 bits per heavy atom. The minimum absolute atomic E-state index is 0.311. The highest BCUT2D eigenvalue weighted by atomic mass is 19.1. The molecule has 0 saturated carbocycles. The maximum absolute atomic E-state index is 13.3. The molecule has 2 heterocycles. The lowest BCUT2D eigenvalue weighted by Gasteiger charge is -2.07. The summed E-state index contributed by atoms with van der Waals surface area (Å²) in [6.45, 7) is 0. The van der Waals surface area contributed by atoms with Crippen LogP contribution in [0.2, 0.25) is 0 Å². The van der Waals surface area contributed by atoms with Crippen LogP contribution in [0, 0.1) is 17.1 Å². The molecule has 1 aromatic carbocycles. The van der Waals surface area contributed by atoms with Crippen LogP contribution in [0.25, 0.3) is 17.1 Å². The molecule has 20 heavy (non-hydrogen) atoms. The molecule has 5 heteroatoms. The first-order chi connectivity index (χ1) is 9.78. The lowest BCUT2D eigenvalue weighted by atomic mass is 10.1. The molecule has 0 radical (unpaired) electrons. The van der Waals surface area contributed by atoms with E-state index in [-0.39, 0.29) is 5.82 Å². The molecule has 0 fully saturated rings. The Bertz CT molecular complexity index is 801. The van der Waals surface area contributed by atoms with Crippen LogP contribution in [0.1, 0.15) is 5.56 Å². The van der Waals surface area contributed by atoms with Crippen LogP contribution in [-0.2, 0) is 0 Å². The average Bonchev–Trinajstić information content (AvgIpc) is 2.97. The van der Waals surface area contributed by atoms with E-state index >= 15 is 0 Å². The number of hydrogen-bond donors (Lipinski definition) is 0. The van der Waals surface area contributed by atoms with Crippen molar-refractivity contribution in [2.75, 3.05) is 0 Å². The second-order valence-corrected chi connectivity index (χ2v) is 4.15. The number of nitriles is 1. The number of halogens is 1. The van der Waals surface area contributed by atoms with Crippen LogP contribution in [0.15, 0.2) is 54.9 Å². The Kier molecular flexibility index (Phi) is 2.98. The average molecular weight is 264 g/mol. The van der Waals surface area contributed by atoms with Gasteiger partial charge in [0.1, 0.15) is 5.82 Å². The van der Waals surface area contributed by atoms with Crippen LogP contribution in [0.5, 0.6) is 0 Å². The minimum Gasteiger partial charge on any atom is -0.237 e. The number of aromatic nitrogens is 3. The second kappa shape index (κ2) is 4.94. The largest absolute Gasteiger partial charge is 0.237 e. The van der Waals surface area contributed by atoms with Crippen molar-refractivity contribution in [3.05, 3.63) is 66.2 Å². The van der Waals surface area contributed by atoms with Gasteiger partial charge < -0.3 is 0 Å². The van der Waals surface area contributed by atoms with Gasteiger partial charge in [0.25, 0.3) is 0 Å². The Morgan fingerprint density at radius 1 is 1.10 bits per heavy atom. The van der Waals surface area contributed by atoms with Gasteiger partial charge in [-0.1, -0.05) is 12.1 Å². The molecule has 0 bridgehead atoms. The first-order valence-electron chi connectivity index (χ1n) is 5.94. The van der Waals surface area contributed by atoms with Crippen molar-refractivity contribution < 1.29 is 4.39 Å². The highest BCUT2D eigenvalue weighted by Crippen LogP contribution is 2.22. The van der Waals surface area contributed by atoms with Gasteiger partial charge in [-0.15, -0.1) is 0 Å². The van der Waals surface area contributed by atoms with Crippen LogP contribution in [0.4, 0.5) is 4.39 Å². The summed E-state index contributed by atoms with van der Waals surface area (Å²) in [6.07, 6.45) is 3.16. The highest BCUT2D eigenvalue weighted by Gasteiger charge is 2.09. The third-order valence-corrected chi connectivity index (χ3v) is 2.85. The van der Waals surface area contributed by atoms with Gasteiger partial charge in [-0.25, -0.2) is 14.1 Å². The summed E-state index contributed by atoms with van der Waals surface area (Å²) in [7, 11) is 0. The standard InChI is InChI=1S/C15H9FN4/c16-13-3-1-2-12(9-13)14-5-7-19-20(14)15-8-11(10-17)4-6-18-15/h1-9H. The fourth-order valence-electron chi connectivity index (χ4n) is 1.96. The Balaban J connectivity index is 2.13. The van der Waals surface area contributed by atoms with E-state index in [0.717, 1.165) is 0 Å². The topological polar surface area (TPSA) is 54.5 Å². The van der Waals surface area contributed by atoms with Crippen LogP contribution < -0.4 is 0 Å². The molecule has 0 atom stereocenters. The molecule has 0 saturated heterocycles. The smallest absolute Gasteiger partial charge is 0.155 e. The third kappa shape index (κ3) is 2.15. The predicted molar refractivity (Wildman–Crippen MR) is 71.5 cm³/mol. The van der Waals surface area contributed by atoms with E-state index in [1.54, 1.807) is 47.4 Å². The fourth-order valence-corrected chi connectivity index (χ4v) is 1.96. The van der Waals surface area contributed by atoms with Crippen molar-refractivity contribution in [1.82, 2.24) is 14.8 Å². The summed E-state index contributed by atoms with van der Waals surface area (Å²) in [4.78, 5) is 4.19. The van der Waals surface area contributed by atoms with Gasteiger partial charge in [0, 0.05) is 17.8 Å². The van der Waals surface area contributed by atoms with E-state index in [9.17, 15) is 4.39 Å².